The van der Waals surface area contributed by atoms with Crippen LogP contribution < -0.4 is 0 Å². The minimum Gasteiger partial charge on any atom is -0.462 e. The maximum atomic E-state index is 12.9. The Morgan fingerprint density at radius 1 is 0.414 bits per heavy atom. The Labute approximate surface area is 426 Å². The quantitative estimate of drug-likeness (QED) is 0.0197. The molecule has 0 fully saturated rings. The summed E-state index contributed by atoms with van der Waals surface area (Å²) in [7, 11) is -4.77. The van der Waals surface area contributed by atoms with Crippen LogP contribution in [0.25, 0.3) is 0 Å². The first-order chi connectivity index (χ1) is 34.2. The average Bonchev–Trinajstić information content (AvgIpc) is 3.35. The third-order valence-electron chi connectivity index (χ3n) is 11.3. The van der Waals surface area contributed by atoms with E-state index in [0.29, 0.717) is 19.3 Å². The van der Waals surface area contributed by atoms with Crippen molar-refractivity contribution in [1.29, 1.82) is 0 Å². The van der Waals surface area contributed by atoms with Crippen LogP contribution in [0.2, 0.25) is 0 Å². The summed E-state index contributed by atoms with van der Waals surface area (Å²) in [6.45, 7) is 4.38. The van der Waals surface area contributed by atoms with Gasteiger partial charge in [0.15, 0.2) is 6.10 Å². The Kier molecular flexibility index (Phi) is 49.5. The van der Waals surface area contributed by atoms with Gasteiger partial charge in [0.2, 0.25) is 0 Å². The van der Waals surface area contributed by atoms with Gasteiger partial charge in [0.1, 0.15) is 12.7 Å². The van der Waals surface area contributed by atoms with E-state index in [1.54, 1.807) is 0 Å². The Balaban J connectivity index is 4.82. The van der Waals surface area contributed by atoms with Crippen molar-refractivity contribution in [2.24, 2.45) is 0 Å². The van der Waals surface area contributed by atoms with Crippen molar-refractivity contribution in [2.75, 3.05) is 26.4 Å². The molecule has 0 aliphatic rings. The molecule has 0 aromatic carbocycles. The van der Waals surface area contributed by atoms with Gasteiger partial charge in [0.25, 0.3) is 0 Å². The number of carbonyl (C=O) groups excluding carboxylic acids is 3. The topological polar surface area (TPSA) is 155 Å². The van der Waals surface area contributed by atoms with Gasteiger partial charge in [-0.25, -0.2) is 4.57 Å². The number of rotatable bonds is 50. The lowest BCUT2D eigenvalue weighted by atomic mass is 10.1. The second kappa shape index (κ2) is 52.0. The highest BCUT2D eigenvalue weighted by atomic mass is 31.2. The van der Waals surface area contributed by atoms with Gasteiger partial charge in [-0.1, -0.05) is 189 Å². The van der Waals surface area contributed by atoms with Crippen LogP contribution in [0.5, 0.6) is 0 Å². The van der Waals surface area contributed by atoms with Crippen molar-refractivity contribution in [2.45, 2.75) is 238 Å². The summed E-state index contributed by atoms with van der Waals surface area (Å²) >= 11 is 0. The van der Waals surface area contributed by atoms with Crippen LogP contribution in [0.15, 0.2) is 85.1 Å². The first-order valence-electron chi connectivity index (χ1n) is 27.5. The Hall–Kier alpha value is -3.34. The predicted octanol–water partition coefficient (Wildman–Crippen LogP) is 15.9. The fourth-order valence-electron chi connectivity index (χ4n) is 7.10. The SMILES string of the molecule is CC/C=C\C/C=C\C/C=C\C/C=C\CCC(=O)OC(CO)COP(=O)(O)OCC(COC(=O)CCCCCCC/C=C\CCCCCC)OC(=O)CCCCCCCCC/C=C\C/C=C\CCCCC. The molecule has 0 bridgehead atoms. The fourth-order valence-corrected chi connectivity index (χ4v) is 7.88. The van der Waals surface area contributed by atoms with Crippen molar-refractivity contribution in [3.63, 3.8) is 0 Å². The molecule has 3 unspecified atom stereocenters. The Morgan fingerprint density at radius 2 is 0.771 bits per heavy atom. The molecule has 12 heteroatoms. The number of ether oxygens (including phenoxy) is 3. The molecule has 0 spiro atoms. The fraction of sp³-hybridized carbons (Fsp3) is 0.707. The van der Waals surface area contributed by atoms with E-state index in [-0.39, 0.29) is 25.9 Å². The van der Waals surface area contributed by atoms with Crippen LogP contribution in [0.3, 0.4) is 0 Å². The number of aliphatic hydroxyl groups is 1. The third kappa shape index (κ3) is 49.6. The zero-order valence-corrected chi connectivity index (χ0v) is 45.1. The Bertz CT molecular complexity index is 1500. The standard InChI is InChI=1S/C58H99O11P/c1-4-7-10-13-16-19-22-25-26-27-28-31-34-37-40-43-46-49-58(62)69-55(51-65-56(60)47-44-41-38-35-32-29-23-20-17-14-11-8-5-2)53-67-70(63,64)66-52-54(50-59)68-57(61)48-45-42-39-36-33-30-24-21-18-15-12-9-6-3/h9,12,16,18-21,23,25-26,30,33,39,42,54-55,59H,4-8,10-11,13-15,17,22,24,27-29,31-32,34-38,40-41,43-53H2,1-3H3,(H,63,64)/b12-9-,19-16-,21-18-,23-20-,26-25-,33-30-,42-39-. The van der Waals surface area contributed by atoms with Gasteiger partial charge in [-0.3, -0.25) is 23.4 Å². The van der Waals surface area contributed by atoms with Gasteiger partial charge in [-0.05, 0) is 103 Å². The van der Waals surface area contributed by atoms with E-state index in [1.807, 2.05) is 12.2 Å². The number of phosphoric ester groups is 1. The summed E-state index contributed by atoms with van der Waals surface area (Å²) in [4.78, 5) is 48.4. The van der Waals surface area contributed by atoms with Gasteiger partial charge in [-0.15, -0.1) is 0 Å². The van der Waals surface area contributed by atoms with E-state index in [2.05, 4.69) is 93.7 Å². The van der Waals surface area contributed by atoms with Gasteiger partial charge < -0.3 is 24.2 Å². The largest absolute Gasteiger partial charge is 0.472 e. The highest BCUT2D eigenvalue weighted by Gasteiger charge is 2.28. The minimum absolute atomic E-state index is 0.0525. The van der Waals surface area contributed by atoms with Gasteiger partial charge in [0.05, 0.1) is 19.8 Å². The molecule has 11 nitrogen and oxygen atoms in total. The molecule has 402 valence electrons. The lowest BCUT2D eigenvalue weighted by Crippen LogP contribution is -2.30. The summed E-state index contributed by atoms with van der Waals surface area (Å²) < 4.78 is 39.3. The van der Waals surface area contributed by atoms with Gasteiger partial charge >= 0.3 is 25.7 Å². The van der Waals surface area contributed by atoms with Crippen molar-refractivity contribution in [1.82, 2.24) is 0 Å². The first kappa shape index (κ1) is 66.7. The lowest BCUT2D eigenvalue weighted by molar-refractivity contribution is -0.161. The van der Waals surface area contributed by atoms with Crippen LogP contribution in [0.4, 0.5) is 0 Å². The molecular formula is C58H99O11P. The molecule has 0 aliphatic carbocycles. The second-order valence-corrected chi connectivity index (χ2v) is 19.5. The number of unbranched alkanes of at least 4 members (excludes halogenated alkanes) is 19. The molecule has 0 saturated heterocycles. The third-order valence-corrected chi connectivity index (χ3v) is 12.2. The molecule has 0 heterocycles. The van der Waals surface area contributed by atoms with E-state index >= 15 is 0 Å². The number of allylic oxidation sites excluding steroid dienone is 14. The second-order valence-electron chi connectivity index (χ2n) is 18.0. The number of hydrogen-bond donors (Lipinski definition) is 2. The molecule has 0 aromatic heterocycles. The van der Waals surface area contributed by atoms with Crippen LogP contribution in [0.1, 0.15) is 226 Å². The molecule has 0 amide bonds. The van der Waals surface area contributed by atoms with Crippen molar-refractivity contribution < 1.29 is 52.2 Å². The minimum atomic E-state index is -4.77. The van der Waals surface area contributed by atoms with E-state index in [9.17, 15) is 28.9 Å². The zero-order chi connectivity index (χ0) is 51.3. The summed E-state index contributed by atoms with van der Waals surface area (Å²) in [5.41, 5.74) is 0. The molecule has 2 N–H and O–H groups in total. The van der Waals surface area contributed by atoms with Gasteiger partial charge in [-0.2, -0.15) is 0 Å². The maximum Gasteiger partial charge on any atom is 0.472 e. The van der Waals surface area contributed by atoms with Crippen LogP contribution in [0, 0.1) is 0 Å². The van der Waals surface area contributed by atoms with Crippen molar-refractivity contribution in [3.8, 4) is 0 Å². The summed E-state index contributed by atoms with van der Waals surface area (Å²) in [5.74, 6) is -1.57. The molecule has 70 heavy (non-hydrogen) atoms. The summed E-state index contributed by atoms with van der Waals surface area (Å²) in [6.07, 6.45) is 58.5. The number of aliphatic hydroxyl groups excluding tert-OH is 1. The average molecular weight is 1000 g/mol. The molecule has 0 rings (SSSR count). The summed E-state index contributed by atoms with van der Waals surface area (Å²) in [6, 6.07) is 0. The number of hydrogen-bond acceptors (Lipinski definition) is 10. The van der Waals surface area contributed by atoms with Crippen LogP contribution in [-0.2, 0) is 42.2 Å². The normalized spacial score (nSPS) is 14.1. The molecular weight excluding hydrogens is 904 g/mol. The molecule has 0 saturated carbocycles. The monoisotopic (exact) mass is 1000 g/mol. The Morgan fingerprint density at radius 3 is 1.27 bits per heavy atom. The van der Waals surface area contributed by atoms with Crippen LogP contribution >= 0.6 is 7.82 Å². The predicted molar refractivity (Wildman–Crippen MR) is 288 cm³/mol. The smallest absolute Gasteiger partial charge is 0.462 e. The molecule has 0 aliphatic heterocycles. The van der Waals surface area contributed by atoms with Crippen molar-refractivity contribution in [3.05, 3.63) is 85.1 Å². The molecule has 0 radical (unpaired) electrons. The first-order valence-corrected chi connectivity index (χ1v) is 29.0. The highest BCUT2D eigenvalue weighted by Crippen LogP contribution is 2.43. The zero-order valence-electron chi connectivity index (χ0n) is 44.2. The summed E-state index contributed by atoms with van der Waals surface area (Å²) in [5, 5.41) is 9.77. The maximum absolute atomic E-state index is 12.9. The number of phosphoric acid groups is 1. The van der Waals surface area contributed by atoms with Gasteiger partial charge in [0, 0.05) is 19.3 Å². The highest BCUT2D eigenvalue weighted by molar-refractivity contribution is 7.47. The van der Waals surface area contributed by atoms with E-state index < -0.39 is 57.8 Å². The number of carbonyl (C=O) groups is 3. The van der Waals surface area contributed by atoms with E-state index in [1.165, 1.54) is 64.2 Å². The molecule has 0 aromatic rings. The lowest BCUT2D eigenvalue weighted by Gasteiger charge is -2.21. The van der Waals surface area contributed by atoms with E-state index in [0.717, 1.165) is 103 Å². The molecule has 3 atom stereocenters. The van der Waals surface area contributed by atoms with Crippen LogP contribution in [-0.4, -0.2) is 66.5 Å². The number of esters is 3. The van der Waals surface area contributed by atoms with Crippen molar-refractivity contribution >= 4 is 25.7 Å². The van der Waals surface area contributed by atoms with E-state index in [4.69, 9.17) is 23.3 Å².